The molecular formula is C15H28N2O3. The highest BCUT2D eigenvalue weighted by molar-refractivity contribution is 5.86. The highest BCUT2D eigenvalue weighted by atomic mass is 16.4. The van der Waals surface area contributed by atoms with Crippen molar-refractivity contribution in [3.05, 3.63) is 0 Å². The number of carbonyl (C=O) groups is 2. The summed E-state index contributed by atoms with van der Waals surface area (Å²) in [5.41, 5.74) is -1.42. The number of amides is 2. The van der Waals surface area contributed by atoms with Gasteiger partial charge < -0.3 is 15.7 Å². The van der Waals surface area contributed by atoms with Gasteiger partial charge >= 0.3 is 12.0 Å². The van der Waals surface area contributed by atoms with Crippen LogP contribution in [0.3, 0.4) is 0 Å². The molecule has 0 heterocycles. The van der Waals surface area contributed by atoms with Crippen molar-refractivity contribution < 1.29 is 14.7 Å². The highest BCUT2D eigenvalue weighted by Crippen LogP contribution is 2.32. The van der Waals surface area contributed by atoms with Crippen LogP contribution < -0.4 is 10.6 Å². The Hall–Kier alpha value is -1.26. The maximum atomic E-state index is 12.1. The summed E-state index contributed by atoms with van der Waals surface area (Å²) < 4.78 is 0. The van der Waals surface area contributed by atoms with E-state index in [1.54, 1.807) is 0 Å². The summed E-state index contributed by atoms with van der Waals surface area (Å²) in [5.74, 6) is -0.392. The Morgan fingerprint density at radius 1 is 1.30 bits per heavy atom. The summed E-state index contributed by atoms with van der Waals surface area (Å²) in [7, 11) is 0. The fourth-order valence-corrected chi connectivity index (χ4v) is 2.89. The number of nitrogens with one attached hydrogen (secondary N) is 2. The Labute approximate surface area is 121 Å². The van der Waals surface area contributed by atoms with Crippen LogP contribution in [0.15, 0.2) is 0 Å². The van der Waals surface area contributed by atoms with E-state index in [4.69, 9.17) is 0 Å². The standard InChI is InChI=1S/C15H28N2O3/c1-5-8-14(3,4)16-13(20)17-15(12(18)19)9-6-11(2)7-10-15/h11H,5-10H2,1-4H3,(H,18,19)(H2,16,17,20). The SMILES string of the molecule is CCCC(C)(C)NC(=O)NC1(C(=O)O)CCC(C)CC1. The quantitative estimate of drug-likeness (QED) is 0.726. The van der Waals surface area contributed by atoms with Crippen LogP contribution in [-0.2, 0) is 4.79 Å². The summed E-state index contributed by atoms with van der Waals surface area (Å²) in [4.78, 5) is 23.7. The van der Waals surface area contributed by atoms with Crippen LogP contribution >= 0.6 is 0 Å². The van der Waals surface area contributed by atoms with E-state index < -0.39 is 11.5 Å². The summed E-state index contributed by atoms with van der Waals surface area (Å²) >= 11 is 0. The zero-order valence-corrected chi connectivity index (χ0v) is 13.1. The molecular weight excluding hydrogens is 256 g/mol. The molecule has 0 spiro atoms. The molecule has 0 atom stereocenters. The molecule has 1 aliphatic rings. The largest absolute Gasteiger partial charge is 0.480 e. The lowest BCUT2D eigenvalue weighted by Crippen LogP contribution is -2.61. The topological polar surface area (TPSA) is 78.4 Å². The molecule has 2 amide bonds. The average molecular weight is 284 g/mol. The predicted octanol–water partition coefficient (Wildman–Crippen LogP) is 2.90. The van der Waals surface area contributed by atoms with E-state index in [2.05, 4.69) is 24.5 Å². The van der Waals surface area contributed by atoms with Gasteiger partial charge in [0.1, 0.15) is 5.54 Å². The fourth-order valence-electron chi connectivity index (χ4n) is 2.89. The third-order valence-corrected chi connectivity index (χ3v) is 4.22. The molecule has 1 aliphatic carbocycles. The lowest BCUT2D eigenvalue weighted by molar-refractivity contribution is -0.146. The molecule has 116 valence electrons. The molecule has 1 rings (SSSR count). The van der Waals surface area contributed by atoms with E-state index in [-0.39, 0.29) is 11.6 Å². The van der Waals surface area contributed by atoms with Crippen molar-refractivity contribution in [1.82, 2.24) is 10.6 Å². The van der Waals surface area contributed by atoms with Crippen LogP contribution in [0.25, 0.3) is 0 Å². The van der Waals surface area contributed by atoms with Crippen LogP contribution in [0.1, 0.15) is 66.2 Å². The van der Waals surface area contributed by atoms with E-state index >= 15 is 0 Å². The predicted molar refractivity (Wildman–Crippen MR) is 78.7 cm³/mol. The minimum Gasteiger partial charge on any atom is -0.480 e. The second kappa shape index (κ2) is 6.46. The first-order valence-electron chi connectivity index (χ1n) is 7.54. The van der Waals surface area contributed by atoms with Crippen molar-refractivity contribution >= 4 is 12.0 Å². The van der Waals surface area contributed by atoms with Crippen molar-refractivity contribution in [3.8, 4) is 0 Å². The van der Waals surface area contributed by atoms with Crippen molar-refractivity contribution in [3.63, 3.8) is 0 Å². The van der Waals surface area contributed by atoms with Crippen molar-refractivity contribution in [2.24, 2.45) is 5.92 Å². The lowest BCUT2D eigenvalue weighted by Gasteiger charge is -2.37. The minimum atomic E-state index is -1.10. The lowest BCUT2D eigenvalue weighted by atomic mass is 9.77. The number of hydrogen-bond acceptors (Lipinski definition) is 2. The second-order valence-electron chi connectivity index (χ2n) is 6.78. The van der Waals surface area contributed by atoms with Crippen molar-refractivity contribution in [2.75, 3.05) is 0 Å². The number of carbonyl (C=O) groups excluding carboxylic acids is 1. The van der Waals surface area contributed by atoms with Gasteiger partial charge in [-0.3, -0.25) is 0 Å². The number of carboxylic acid groups (broad SMARTS) is 1. The zero-order valence-electron chi connectivity index (χ0n) is 13.1. The van der Waals surface area contributed by atoms with Crippen molar-refractivity contribution in [2.45, 2.75) is 77.3 Å². The van der Waals surface area contributed by atoms with E-state index in [0.29, 0.717) is 18.8 Å². The number of urea groups is 1. The number of hydrogen-bond donors (Lipinski definition) is 3. The molecule has 0 aromatic rings. The molecule has 3 N–H and O–H groups in total. The molecule has 0 saturated heterocycles. The third-order valence-electron chi connectivity index (χ3n) is 4.22. The van der Waals surface area contributed by atoms with E-state index in [0.717, 1.165) is 25.7 Å². The van der Waals surface area contributed by atoms with Gasteiger partial charge in [0.25, 0.3) is 0 Å². The van der Waals surface area contributed by atoms with Gasteiger partial charge in [-0.1, -0.05) is 20.3 Å². The Morgan fingerprint density at radius 3 is 2.30 bits per heavy atom. The molecule has 1 fully saturated rings. The van der Waals surface area contributed by atoms with Gasteiger partial charge in [-0.25, -0.2) is 9.59 Å². The van der Waals surface area contributed by atoms with Gasteiger partial charge in [0.05, 0.1) is 0 Å². The van der Waals surface area contributed by atoms with Crippen molar-refractivity contribution in [1.29, 1.82) is 0 Å². The van der Waals surface area contributed by atoms with Gasteiger partial charge in [-0.2, -0.15) is 0 Å². The van der Waals surface area contributed by atoms with Crippen LogP contribution in [0.4, 0.5) is 4.79 Å². The Kier molecular flexibility index (Phi) is 5.42. The van der Waals surface area contributed by atoms with Crippen LogP contribution in [0, 0.1) is 5.92 Å². The Balaban J connectivity index is 2.67. The van der Waals surface area contributed by atoms with E-state index in [1.165, 1.54) is 0 Å². The van der Waals surface area contributed by atoms with E-state index in [9.17, 15) is 14.7 Å². The summed E-state index contributed by atoms with van der Waals surface area (Å²) in [6.07, 6.45) is 4.51. The fraction of sp³-hybridized carbons (Fsp3) is 0.867. The molecule has 0 aromatic carbocycles. The molecule has 5 heteroatoms. The van der Waals surface area contributed by atoms with Gasteiger partial charge in [-0.05, 0) is 51.9 Å². The van der Waals surface area contributed by atoms with Crippen LogP contribution in [-0.4, -0.2) is 28.2 Å². The molecule has 0 unspecified atom stereocenters. The van der Waals surface area contributed by atoms with Gasteiger partial charge in [0, 0.05) is 5.54 Å². The Morgan fingerprint density at radius 2 is 1.85 bits per heavy atom. The maximum absolute atomic E-state index is 12.1. The van der Waals surface area contributed by atoms with E-state index in [1.807, 2.05) is 13.8 Å². The molecule has 0 radical (unpaired) electrons. The molecule has 0 aliphatic heterocycles. The summed E-state index contributed by atoms with van der Waals surface area (Å²) in [6.45, 7) is 8.08. The first-order valence-corrected chi connectivity index (χ1v) is 7.54. The Bertz CT molecular complexity index is 358. The zero-order chi connectivity index (χ0) is 15.4. The maximum Gasteiger partial charge on any atom is 0.329 e. The first-order chi connectivity index (χ1) is 9.21. The molecule has 20 heavy (non-hydrogen) atoms. The van der Waals surface area contributed by atoms with Gasteiger partial charge in [0.2, 0.25) is 0 Å². The minimum absolute atomic E-state index is 0.319. The number of rotatable bonds is 5. The molecule has 1 saturated carbocycles. The first kappa shape index (κ1) is 16.8. The third kappa shape index (κ3) is 4.39. The number of aliphatic carboxylic acids is 1. The second-order valence-corrected chi connectivity index (χ2v) is 6.78. The summed E-state index contributed by atoms with van der Waals surface area (Å²) in [6, 6.07) is -0.375. The number of carboxylic acids is 1. The smallest absolute Gasteiger partial charge is 0.329 e. The normalized spacial score (nSPS) is 26.9. The highest BCUT2D eigenvalue weighted by Gasteiger charge is 2.42. The van der Waals surface area contributed by atoms with Crippen LogP contribution in [0.5, 0.6) is 0 Å². The van der Waals surface area contributed by atoms with Gasteiger partial charge in [0.15, 0.2) is 0 Å². The summed E-state index contributed by atoms with van der Waals surface area (Å²) in [5, 5.41) is 15.1. The van der Waals surface area contributed by atoms with Crippen LogP contribution in [0.2, 0.25) is 0 Å². The van der Waals surface area contributed by atoms with Gasteiger partial charge in [-0.15, -0.1) is 0 Å². The molecule has 5 nitrogen and oxygen atoms in total. The molecule has 0 aromatic heterocycles. The monoisotopic (exact) mass is 284 g/mol. The average Bonchev–Trinajstić information content (AvgIpc) is 2.31. The molecule has 0 bridgehead atoms.